The van der Waals surface area contributed by atoms with Gasteiger partial charge in [0.1, 0.15) is 0 Å². The zero-order chi connectivity index (χ0) is 26.6. The van der Waals surface area contributed by atoms with Crippen LogP contribution in [0.3, 0.4) is 0 Å². The summed E-state index contributed by atoms with van der Waals surface area (Å²) in [7, 11) is -8.28. The summed E-state index contributed by atoms with van der Waals surface area (Å²) in [6.07, 6.45) is 0. The molecule has 191 valence electrons. The van der Waals surface area contributed by atoms with Gasteiger partial charge in [0, 0.05) is 48.4 Å². The van der Waals surface area contributed by atoms with Crippen molar-refractivity contribution in [1.82, 2.24) is 0 Å². The second-order valence-electron chi connectivity index (χ2n) is 17.3. The summed E-state index contributed by atoms with van der Waals surface area (Å²) < 4.78 is 0. The molecule has 0 heterocycles. The third-order valence-corrected chi connectivity index (χ3v) is 35.0. The topological polar surface area (TPSA) is 0 Å². The van der Waals surface area contributed by atoms with Crippen molar-refractivity contribution >= 4 is 48.4 Å². The van der Waals surface area contributed by atoms with Crippen LogP contribution in [0.2, 0.25) is 118 Å². The van der Waals surface area contributed by atoms with Gasteiger partial charge >= 0.3 is 0 Å². The molecule has 0 bridgehead atoms. The molecule has 1 aromatic carbocycles. The number of rotatable bonds is 9. The number of benzene rings is 1. The Bertz CT molecular complexity index is 638. The minimum absolute atomic E-state index is 0.761. The van der Waals surface area contributed by atoms with Crippen LogP contribution >= 0.6 is 0 Å². The molecule has 0 spiro atoms. The van der Waals surface area contributed by atoms with Crippen molar-refractivity contribution in [2.75, 3.05) is 0 Å². The molecule has 1 rings (SSSR count). The van der Waals surface area contributed by atoms with E-state index in [2.05, 4.69) is 136 Å². The largest absolute Gasteiger partial charge is 0.0693 e. The molecule has 1 aromatic rings. The Morgan fingerprint density at radius 1 is 0.394 bits per heavy atom. The van der Waals surface area contributed by atoms with Gasteiger partial charge in [-0.3, -0.25) is 0 Å². The molecule has 0 aromatic heterocycles. The lowest BCUT2D eigenvalue weighted by atomic mass is 10.1. The predicted octanol–water partition coefficient (Wildman–Crippen LogP) is 10.0. The highest BCUT2D eigenvalue weighted by Gasteiger charge is 2.44. The van der Waals surface area contributed by atoms with E-state index in [1.807, 2.05) is 0 Å². The van der Waals surface area contributed by atoms with Crippen LogP contribution in [-0.2, 0) is 0 Å². The smallest absolute Gasteiger partial charge is 0.0493 e. The van der Waals surface area contributed by atoms with Gasteiger partial charge in [-0.15, -0.1) is 0 Å². The maximum Gasteiger partial charge on any atom is 0.0493 e. The molecule has 0 N–H and O–H groups in total. The summed E-state index contributed by atoms with van der Waals surface area (Å²) in [4.78, 5) is 0. The van der Waals surface area contributed by atoms with Crippen LogP contribution in [0.5, 0.6) is 0 Å². The highest BCUT2D eigenvalue weighted by atomic mass is 28.4. The highest BCUT2D eigenvalue weighted by Crippen LogP contribution is 2.44. The van der Waals surface area contributed by atoms with E-state index in [1.165, 1.54) is 0 Å². The van der Waals surface area contributed by atoms with E-state index in [1.54, 1.807) is 16.7 Å². The minimum atomic E-state index is -1.39. The van der Waals surface area contributed by atoms with E-state index in [-0.39, 0.29) is 0 Å². The third-order valence-electron chi connectivity index (χ3n) is 7.08. The van der Waals surface area contributed by atoms with Gasteiger partial charge in [0.05, 0.1) is 0 Å². The molecule has 0 aliphatic rings. The third kappa shape index (κ3) is 8.27. The van der Waals surface area contributed by atoms with Gasteiger partial charge in [-0.25, -0.2) is 0 Å². The molecule has 0 aliphatic carbocycles. The number of hydrogen-bond donors (Lipinski definition) is 0. The summed E-state index contributed by atoms with van der Waals surface area (Å²) in [5.41, 5.74) is 4.94. The Morgan fingerprint density at radius 3 is 0.788 bits per heavy atom. The fourth-order valence-electron chi connectivity index (χ4n) is 7.88. The first kappa shape index (κ1) is 31.6. The first-order valence-electron chi connectivity index (χ1n) is 13.3. The molecular formula is C27H59Si6. The Morgan fingerprint density at radius 2 is 0.606 bits per heavy atom. The van der Waals surface area contributed by atoms with Crippen LogP contribution < -0.4 is 0 Å². The summed E-state index contributed by atoms with van der Waals surface area (Å²) in [5, 5.41) is 2.32. The van der Waals surface area contributed by atoms with Crippen molar-refractivity contribution in [3.05, 3.63) is 34.9 Å². The fraction of sp³-hybridized carbons (Fsp3) is 0.778. The SMILES string of the molecule is C[Si](C)(C)C(c1[c]c(C([Si](C)(C)C)[Si](C)(C)C)cc(C([Si](C)(C)C)[Si](C)(C)C)c1)[Si](C)(C)C. The van der Waals surface area contributed by atoms with Crippen LogP contribution in [0.15, 0.2) is 12.1 Å². The van der Waals surface area contributed by atoms with Crippen molar-refractivity contribution in [2.24, 2.45) is 0 Å². The predicted molar refractivity (Wildman–Crippen MR) is 174 cm³/mol. The summed E-state index contributed by atoms with van der Waals surface area (Å²) >= 11 is 0. The average Bonchev–Trinajstić information content (AvgIpc) is 2.35. The summed E-state index contributed by atoms with van der Waals surface area (Å²) in [6.45, 7) is 47.0. The molecule has 0 aliphatic heterocycles. The summed E-state index contributed by atoms with van der Waals surface area (Å²) in [6, 6.07) is 9.65. The van der Waals surface area contributed by atoms with E-state index in [0.717, 1.165) is 15.5 Å². The molecule has 6 heteroatoms. The molecular weight excluding hydrogens is 493 g/mol. The monoisotopic (exact) mass is 551 g/mol. The van der Waals surface area contributed by atoms with Gasteiger partial charge < -0.3 is 0 Å². The van der Waals surface area contributed by atoms with E-state index in [4.69, 9.17) is 0 Å². The second kappa shape index (κ2) is 9.77. The Hall–Kier alpha value is 0.521. The van der Waals surface area contributed by atoms with Crippen molar-refractivity contribution < 1.29 is 0 Å². The van der Waals surface area contributed by atoms with E-state index in [0.29, 0.717) is 0 Å². The maximum atomic E-state index is 4.24. The number of hydrogen-bond acceptors (Lipinski definition) is 0. The van der Waals surface area contributed by atoms with E-state index < -0.39 is 48.4 Å². The molecule has 1 radical (unpaired) electrons. The quantitative estimate of drug-likeness (QED) is 0.268. The Labute approximate surface area is 215 Å². The highest BCUT2D eigenvalue weighted by molar-refractivity contribution is 6.97. The van der Waals surface area contributed by atoms with Crippen LogP contribution in [0.1, 0.15) is 32.2 Å². The van der Waals surface area contributed by atoms with Gasteiger partial charge in [0.15, 0.2) is 0 Å². The first-order valence-corrected chi connectivity index (χ1v) is 34.7. The van der Waals surface area contributed by atoms with Crippen molar-refractivity contribution in [1.29, 1.82) is 0 Å². The van der Waals surface area contributed by atoms with Crippen LogP contribution in [0.4, 0.5) is 0 Å². The molecule has 0 saturated heterocycles. The van der Waals surface area contributed by atoms with Gasteiger partial charge in [-0.1, -0.05) is 130 Å². The van der Waals surface area contributed by atoms with Gasteiger partial charge in [0.25, 0.3) is 0 Å². The molecule has 0 nitrogen and oxygen atoms in total. The van der Waals surface area contributed by atoms with Gasteiger partial charge in [-0.2, -0.15) is 0 Å². The lowest BCUT2D eigenvalue weighted by molar-refractivity contribution is 1.08. The zero-order valence-corrected chi connectivity index (χ0v) is 31.9. The van der Waals surface area contributed by atoms with Crippen LogP contribution in [0.25, 0.3) is 0 Å². The molecule has 33 heavy (non-hydrogen) atoms. The van der Waals surface area contributed by atoms with Crippen molar-refractivity contribution in [2.45, 2.75) is 133 Å². The molecule has 0 saturated carbocycles. The molecule has 0 unspecified atom stereocenters. The lowest BCUT2D eigenvalue weighted by Crippen LogP contribution is -2.49. The van der Waals surface area contributed by atoms with Crippen molar-refractivity contribution in [3.8, 4) is 0 Å². The van der Waals surface area contributed by atoms with Crippen LogP contribution in [0, 0.1) is 6.07 Å². The van der Waals surface area contributed by atoms with Crippen LogP contribution in [-0.4, -0.2) is 48.4 Å². The molecule has 0 atom stereocenters. The van der Waals surface area contributed by atoms with Gasteiger partial charge in [-0.05, 0) is 38.3 Å². The van der Waals surface area contributed by atoms with E-state index in [9.17, 15) is 0 Å². The molecule has 0 fully saturated rings. The van der Waals surface area contributed by atoms with Gasteiger partial charge in [0.2, 0.25) is 0 Å². The second-order valence-corrected chi connectivity index (χ2v) is 50.9. The minimum Gasteiger partial charge on any atom is -0.0693 e. The standard InChI is InChI=1S/C27H59Si6/c1-28(2,3)25(29(4,5)6)22-19-23(26(30(7,8)9)31(10,11)12)21-24(20-22)27(32(13,14)15)33(16,17)18/h19-20,25-27H,1-18H3. The lowest BCUT2D eigenvalue weighted by Gasteiger charge is -2.44. The Balaban J connectivity index is 4.16. The average molecular weight is 552 g/mol. The zero-order valence-electron chi connectivity index (χ0n) is 25.9. The van der Waals surface area contributed by atoms with E-state index >= 15 is 0 Å². The first-order chi connectivity index (χ1) is 14.2. The fourth-order valence-corrected chi connectivity index (χ4v) is 45.7. The van der Waals surface area contributed by atoms with Crippen molar-refractivity contribution in [3.63, 3.8) is 0 Å². The summed E-state index contributed by atoms with van der Waals surface area (Å²) in [5.74, 6) is 0. The Kier molecular flexibility index (Phi) is 9.34. The molecule has 0 amide bonds. The normalized spacial score (nSPS) is 15.2. The maximum absolute atomic E-state index is 4.24.